The van der Waals surface area contributed by atoms with Gasteiger partial charge < -0.3 is 14.8 Å². The summed E-state index contributed by atoms with van der Waals surface area (Å²) in [5, 5.41) is 5.84. The van der Waals surface area contributed by atoms with Gasteiger partial charge in [0.2, 0.25) is 0 Å². The Morgan fingerprint density at radius 2 is 1.87 bits per heavy atom. The van der Waals surface area contributed by atoms with Crippen molar-refractivity contribution >= 4 is 27.3 Å². The summed E-state index contributed by atoms with van der Waals surface area (Å²) in [6, 6.07) is 13.5. The number of nitrogens with one attached hydrogen (secondary N) is 1. The maximum atomic E-state index is 12.4. The van der Waals surface area contributed by atoms with Gasteiger partial charge >= 0.3 is 0 Å². The van der Waals surface area contributed by atoms with Crippen LogP contribution in [-0.4, -0.2) is 20.1 Å². The number of fused-ring (bicyclic) bond motifs is 1. The molecule has 0 aliphatic carbocycles. The lowest BCUT2D eigenvalue weighted by Crippen LogP contribution is -2.22. The Hall–Kier alpha value is -2.53. The molecule has 0 radical (unpaired) electrons. The molecule has 1 heterocycles. The van der Waals surface area contributed by atoms with E-state index in [-0.39, 0.29) is 5.91 Å². The van der Waals surface area contributed by atoms with Crippen LogP contribution in [0.4, 0.5) is 0 Å². The van der Waals surface area contributed by atoms with Gasteiger partial charge in [-0.05, 0) is 23.8 Å². The molecule has 1 N–H and O–H groups in total. The minimum absolute atomic E-state index is 0.0720. The van der Waals surface area contributed by atoms with Crippen molar-refractivity contribution in [1.82, 2.24) is 5.32 Å². The molecule has 0 saturated heterocycles. The summed E-state index contributed by atoms with van der Waals surface area (Å²) in [7, 11) is 3.19. The first-order valence-corrected chi connectivity index (χ1v) is 8.06. The van der Waals surface area contributed by atoms with Crippen LogP contribution in [0.3, 0.4) is 0 Å². The topological polar surface area (TPSA) is 47.6 Å². The molecule has 4 nitrogen and oxygen atoms in total. The number of thiophene rings is 1. The number of methoxy groups -OCH3 is 2. The van der Waals surface area contributed by atoms with Gasteiger partial charge in [-0.3, -0.25) is 4.79 Å². The average molecular weight is 327 g/mol. The molecule has 0 aliphatic heterocycles. The van der Waals surface area contributed by atoms with Gasteiger partial charge in [0.25, 0.3) is 5.91 Å². The molecule has 0 atom stereocenters. The molecule has 23 heavy (non-hydrogen) atoms. The highest BCUT2D eigenvalue weighted by Gasteiger charge is 2.12. The minimum Gasteiger partial charge on any atom is -0.493 e. The van der Waals surface area contributed by atoms with E-state index < -0.39 is 0 Å². The van der Waals surface area contributed by atoms with Crippen LogP contribution in [0.5, 0.6) is 11.5 Å². The van der Waals surface area contributed by atoms with E-state index in [1.807, 2.05) is 47.8 Å². The Kier molecular flexibility index (Phi) is 4.48. The van der Waals surface area contributed by atoms with Crippen LogP contribution >= 0.6 is 11.3 Å². The van der Waals surface area contributed by atoms with E-state index in [4.69, 9.17) is 9.47 Å². The number of benzene rings is 2. The molecule has 5 heteroatoms. The van der Waals surface area contributed by atoms with E-state index in [2.05, 4.69) is 5.32 Å². The van der Waals surface area contributed by atoms with Crippen molar-refractivity contribution in [1.29, 1.82) is 0 Å². The molecule has 1 aromatic heterocycles. The molecule has 2 aromatic carbocycles. The first-order valence-electron chi connectivity index (χ1n) is 7.18. The summed E-state index contributed by atoms with van der Waals surface area (Å²) in [5.74, 6) is 1.25. The standard InChI is InChI=1S/C18H17NO3S/c1-21-15-8-7-12(9-16(15)22-2)10-19-18(20)14-11-23-17-6-4-3-5-13(14)17/h3-9,11H,10H2,1-2H3,(H,19,20). The number of carbonyl (C=O) groups excluding carboxylic acids is 1. The molecule has 118 valence electrons. The zero-order chi connectivity index (χ0) is 16.2. The van der Waals surface area contributed by atoms with Crippen LogP contribution < -0.4 is 14.8 Å². The van der Waals surface area contributed by atoms with Crippen molar-refractivity contribution in [2.75, 3.05) is 14.2 Å². The SMILES string of the molecule is COc1ccc(CNC(=O)c2csc3ccccc23)cc1OC. The highest BCUT2D eigenvalue weighted by atomic mass is 32.1. The van der Waals surface area contributed by atoms with Gasteiger partial charge in [0.1, 0.15) is 0 Å². The number of hydrogen-bond acceptors (Lipinski definition) is 4. The molecule has 0 spiro atoms. The fourth-order valence-electron chi connectivity index (χ4n) is 2.42. The maximum Gasteiger partial charge on any atom is 0.253 e. The lowest BCUT2D eigenvalue weighted by Gasteiger charge is -2.10. The van der Waals surface area contributed by atoms with Crippen molar-refractivity contribution in [3.63, 3.8) is 0 Å². The molecular formula is C18H17NO3S. The Bertz CT molecular complexity index is 841. The first kappa shape index (κ1) is 15.4. The van der Waals surface area contributed by atoms with E-state index >= 15 is 0 Å². The fourth-order valence-corrected chi connectivity index (χ4v) is 3.36. The van der Waals surface area contributed by atoms with Gasteiger partial charge in [-0.15, -0.1) is 11.3 Å². The van der Waals surface area contributed by atoms with E-state index in [9.17, 15) is 4.79 Å². The summed E-state index contributed by atoms with van der Waals surface area (Å²) in [6.45, 7) is 0.434. The van der Waals surface area contributed by atoms with E-state index in [1.165, 1.54) is 0 Å². The fraction of sp³-hybridized carbons (Fsp3) is 0.167. The smallest absolute Gasteiger partial charge is 0.253 e. The largest absolute Gasteiger partial charge is 0.493 e. The molecule has 1 amide bonds. The molecule has 0 fully saturated rings. The highest BCUT2D eigenvalue weighted by molar-refractivity contribution is 7.17. The number of hydrogen-bond donors (Lipinski definition) is 1. The molecule has 3 aromatic rings. The van der Waals surface area contributed by atoms with Crippen LogP contribution in [0, 0.1) is 0 Å². The third-order valence-electron chi connectivity index (χ3n) is 3.63. The van der Waals surface area contributed by atoms with Crippen molar-refractivity contribution in [3.05, 3.63) is 59.0 Å². The normalized spacial score (nSPS) is 10.5. The van der Waals surface area contributed by atoms with Crippen LogP contribution in [0.2, 0.25) is 0 Å². The summed E-state index contributed by atoms with van der Waals surface area (Å²) in [5.41, 5.74) is 1.67. The molecule has 0 saturated carbocycles. The van der Waals surface area contributed by atoms with Crippen LogP contribution in [0.15, 0.2) is 47.8 Å². The quantitative estimate of drug-likeness (QED) is 0.774. The number of amides is 1. The number of ether oxygens (including phenoxy) is 2. The van der Waals surface area contributed by atoms with Gasteiger partial charge in [0.05, 0.1) is 19.8 Å². The first-order chi connectivity index (χ1) is 11.2. The molecule has 0 unspecified atom stereocenters. The summed E-state index contributed by atoms with van der Waals surface area (Å²) < 4.78 is 11.6. The summed E-state index contributed by atoms with van der Waals surface area (Å²) in [4.78, 5) is 12.4. The lowest BCUT2D eigenvalue weighted by molar-refractivity contribution is 0.0953. The van der Waals surface area contributed by atoms with Gasteiger partial charge in [0, 0.05) is 22.0 Å². The predicted octanol–water partition coefficient (Wildman–Crippen LogP) is 3.85. The van der Waals surface area contributed by atoms with E-state index in [0.717, 1.165) is 15.6 Å². The molecule has 0 bridgehead atoms. The Morgan fingerprint density at radius 1 is 1.09 bits per heavy atom. The zero-order valence-electron chi connectivity index (χ0n) is 13.0. The van der Waals surface area contributed by atoms with Crippen LogP contribution in [-0.2, 0) is 6.54 Å². The Balaban J connectivity index is 1.74. The third kappa shape index (κ3) is 3.14. The van der Waals surface area contributed by atoms with Crippen molar-refractivity contribution in [3.8, 4) is 11.5 Å². The average Bonchev–Trinajstić information content (AvgIpc) is 3.03. The van der Waals surface area contributed by atoms with Crippen molar-refractivity contribution < 1.29 is 14.3 Å². The third-order valence-corrected chi connectivity index (χ3v) is 4.59. The van der Waals surface area contributed by atoms with Crippen LogP contribution in [0.25, 0.3) is 10.1 Å². The second kappa shape index (κ2) is 6.71. The lowest BCUT2D eigenvalue weighted by atomic mass is 10.1. The molecule has 0 aliphatic rings. The van der Waals surface area contributed by atoms with Crippen molar-refractivity contribution in [2.45, 2.75) is 6.54 Å². The van der Waals surface area contributed by atoms with E-state index in [1.54, 1.807) is 25.6 Å². The molecule has 3 rings (SSSR count). The molecular weight excluding hydrogens is 310 g/mol. The van der Waals surface area contributed by atoms with Gasteiger partial charge in [0.15, 0.2) is 11.5 Å². The zero-order valence-corrected chi connectivity index (χ0v) is 13.8. The monoisotopic (exact) mass is 327 g/mol. The van der Waals surface area contributed by atoms with Gasteiger partial charge in [-0.2, -0.15) is 0 Å². The Morgan fingerprint density at radius 3 is 2.65 bits per heavy atom. The maximum absolute atomic E-state index is 12.4. The second-order valence-corrected chi connectivity index (χ2v) is 5.93. The number of rotatable bonds is 5. The summed E-state index contributed by atoms with van der Waals surface area (Å²) in [6.07, 6.45) is 0. The second-order valence-electron chi connectivity index (χ2n) is 5.02. The predicted molar refractivity (Wildman–Crippen MR) is 92.5 cm³/mol. The summed E-state index contributed by atoms with van der Waals surface area (Å²) >= 11 is 1.58. The Labute approximate surface area is 138 Å². The number of carbonyl (C=O) groups is 1. The minimum atomic E-state index is -0.0720. The van der Waals surface area contributed by atoms with Gasteiger partial charge in [-0.25, -0.2) is 0 Å². The van der Waals surface area contributed by atoms with Gasteiger partial charge in [-0.1, -0.05) is 24.3 Å². The van der Waals surface area contributed by atoms with E-state index in [0.29, 0.717) is 23.6 Å². The highest BCUT2D eigenvalue weighted by Crippen LogP contribution is 2.28. The van der Waals surface area contributed by atoms with Crippen LogP contribution in [0.1, 0.15) is 15.9 Å². The van der Waals surface area contributed by atoms with Crippen molar-refractivity contribution in [2.24, 2.45) is 0 Å².